The van der Waals surface area contributed by atoms with E-state index in [1.54, 1.807) is 6.92 Å². The molecule has 0 fully saturated rings. The second kappa shape index (κ2) is 9.27. The highest BCUT2D eigenvalue weighted by molar-refractivity contribution is 5.86. The summed E-state index contributed by atoms with van der Waals surface area (Å²) in [5.74, 6) is -0.575. The predicted octanol–water partition coefficient (Wildman–Crippen LogP) is 2.49. The number of amides is 1. The van der Waals surface area contributed by atoms with Crippen molar-refractivity contribution in [2.75, 3.05) is 13.7 Å². The van der Waals surface area contributed by atoms with Crippen LogP contribution in [0.4, 0.5) is 0 Å². The molecule has 0 aromatic heterocycles. The Morgan fingerprint density at radius 2 is 1.92 bits per heavy atom. The van der Waals surface area contributed by atoms with Crippen molar-refractivity contribution in [2.45, 2.75) is 52.2 Å². The van der Waals surface area contributed by atoms with Gasteiger partial charge in [-0.2, -0.15) is 0 Å². The van der Waals surface area contributed by atoms with E-state index in [1.165, 1.54) is 7.11 Å². The summed E-state index contributed by atoms with van der Waals surface area (Å²) in [7, 11) is 1.48. The number of hydrogen-bond acceptors (Lipinski definition) is 4. The molecular weight excluding hydrogens is 310 g/mol. The largest absolute Gasteiger partial charge is 0.481 e. The van der Waals surface area contributed by atoms with E-state index in [4.69, 9.17) is 14.6 Å². The van der Waals surface area contributed by atoms with Gasteiger partial charge in [0, 0.05) is 20.1 Å². The first-order chi connectivity index (χ1) is 11.3. The van der Waals surface area contributed by atoms with Crippen molar-refractivity contribution in [3.05, 3.63) is 29.3 Å². The second-order valence-corrected chi connectivity index (χ2v) is 6.12. The normalized spacial score (nSPS) is 13.4. The molecular formula is C18H27NO5. The molecule has 2 unspecified atom stereocenters. The minimum absolute atomic E-state index is 0.201. The van der Waals surface area contributed by atoms with Crippen LogP contribution in [0.3, 0.4) is 0 Å². The first-order valence-corrected chi connectivity index (χ1v) is 8.05. The Morgan fingerprint density at radius 3 is 2.46 bits per heavy atom. The van der Waals surface area contributed by atoms with Gasteiger partial charge in [0.05, 0.1) is 0 Å². The first-order valence-electron chi connectivity index (χ1n) is 8.05. The van der Waals surface area contributed by atoms with Crippen LogP contribution < -0.4 is 10.1 Å². The molecule has 2 N–H and O–H groups in total. The summed E-state index contributed by atoms with van der Waals surface area (Å²) < 4.78 is 10.6. The molecule has 24 heavy (non-hydrogen) atoms. The van der Waals surface area contributed by atoms with Gasteiger partial charge in [-0.1, -0.05) is 26.0 Å². The molecule has 2 atom stereocenters. The Morgan fingerprint density at radius 1 is 1.25 bits per heavy atom. The number of rotatable bonds is 9. The zero-order valence-corrected chi connectivity index (χ0v) is 15.0. The monoisotopic (exact) mass is 337 g/mol. The zero-order chi connectivity index (χ0) is 18.3. The van der Waals surface area contributed by atoms with Crippen LogP contribution in [0.2, 0.25) is 0 Å². The van der Waals surface area contributed by atoms with E-state index in [9.17, 15) is 9.59 Å². The van der Waals surface area contributed by atoms with Crippen LogP contribution in [0.5, 0.6) is 5.75 Å². The molecule has 0 radical (unpaired) electrons. The quantitative estimate of drug-likeness (QED) is 0.723. The van der Waals surface area contributed by atoms with Crippen LogP contribution in [-0.4, -0.2) is 42.8 Å². The van der Waals surface area contributed by atoms with Gasteiger partial charge in [0.15, 0.2) is 6.10 Å². The molecule has 0 bridgehead atoms. The van der Waals surface area contributed by atoms with Gasteiger partial charge in [0.2, 0.25) is 0 Å². The number of carbonyl (C=O) groups excluding carboxylic acids is 1. The fourth-order valence-electron chi connectivity index (χ4n) is 2.13. The Kier molecular flexibility index (Phi) is 7.71. The molecule has 0 aliphatic heterocycles. The summed E-state index contributed by atoms with van der Waals surface area (Å²) in [6.45, 7) is 7.92. The molecule has 0 aliphatic rings. The summed E-state index contributed by atoms with van der Waals surface area (Å²) in [4.78, 5) is 23.4. The molecule has 0 spiro atoms. The van der Waals surface area contributed by atoms with E-state index >= 15 is 0 Å². The summed E-state index contributed by atoms with van der Waals surface area (Å²) in [6, 6.07) is 4.91. The standard InChI is InChI=1S/C18H27NO5/c1-11(2)14-7-6-12(3)16(10-14)24-13(4)17(20)19-15(18(21)22)8-9-23-5/h6-7,10-11,13,15H,8-9H2,1-5H3,(H,19,20)(H,21,22). The number of carboxylic acid groups (broad SMARTS) is 1. The lowest BCUT2D eigenvalue weighted by molar-refractivity contribution is -0.143. The SMILES string of the molecule is COCCC(NC(=O)C(C)Oc1cc(C(C)C)ccc1C)C(=O)O. The van der Waals surface area contributed by atoms with Crippen molar-refractivity contribution in [2.24, 2.45) is 0 Å². The molecule has 1 aromatic rings. The minimum Gasteiger partial charge on any atom is -0.481 e. The van der Waals surface area contributed by atoms with Crippen LogP contribution in [-0.2, 0) is 14.3 Å². The van der Waals surface area contributed by atoms with Gasteiger partial charge in [0.1, 0.15) is 11.8 Å². The smallest absolute Gasteiger partial charge is 0.326 e. The molecule has 134 valence electrons. The molecule has 1 aromatic carbocycles. The zero-order valence-electron chi connectivity index (χ0n) is 15.0. The number of hydrogen-bond donors (Lipinski definition) is 2. The van der Waals surface area contributed by atoms with Crippen molar-refractivity contribution in [1.82, 2.24) is 5.32 Å². The van der Waals surface area contributed by atoms with Gasteiger partial charge in [-0.15, -0.1) is 0 Å². The number of carboxylic acids is 1. The molecule has 0 aliphatic carbocycles. The number of benzene rings is 1. The maximum Gasteiger partial charge on any atom is 0.326 e. The van der Waals surface area contributed by atoms with Gasteiger partial charge in [-0.05, 0) is 37.0 Å². The summed E-state index contributed by atoms with van der Waals surface area (Å²) in [5.41, 5.74) is 2.04. The van der Waals surface area contributed by atoms with Crippen LogP contribution in [0, 0.1) is 6.92 Å². The summed E-state index contributed by atoms with van der Waals surface area (Å²) in [5, 5.41) is 11.6. The fourth-order valence-corrected chi connectivity index (χ4v) is 2.13. The van der Waals surface area contributed by atoms with Crippen LogP contribution in [0.15, 0.2) is 18.2 Å². The van der Waals surface area contributed by atoms with Crippen molar-refractivity contribution in [1.29, 1.82) is 0 Å². The number of methoxy groups -OCH3 is 1. The number of aliphatic carboxylic acids is 1. The molecule has 0 saturated heterocycles. The third-order valence-electron chi connectivity index (χ3n) is 3.78. The molecule has 6 heteroatoms. The average molecular weight is 337 g/mol. The highest BCUT2D eigenvalue weighted by Gasteiger charge is 2.24. The number of ether oxygens (including phenoxy) is 2. The maximum atomic E-state index is 12.2. The van der Waals surface area contributed by atoms with Crippen LogP contribution in [0.25, 0.3) is 0 Å². The van der Waals surface area contributed by atoms with Gasteiger partial charge in [-0.25, -0.2) is 4.79 Å². The van der Waals surface area contributed by atoms with Gasteiger partial charge >= 0.3 is 5.97 Å². The van der Waals surface area contributed by atoms with Crippen molar-refractivity contribution in [3.63, 3.8) is 0 Å². The second-order valence-electron chi connectivity index (χ2n) is 6.12. The van der Waals surface area contributed by atoms with Crippen LogP contribution >= 0.6 is 0 Å². The Balaban J connectivity index is 2.76. The molecule has 1 amide bonds. The van der Waals surface area contributed by atoms with E-state index in [1.807, 2.05) is 25.1 Å². The summed E-state index contributed by atoms with van der Waals surface area (Å²) >= 11 is 0. The highest BCUT2D eigenvalue weighted by atomic mass is 16.5. The lowest BCUT2D eigenvalue weighted by Gasteiger charge is -2.20. The third-order valence-corrected chi connectivity index (χ3v) is 3.78. The maximum absolute atomic E-state index is 12.2. The molecule has 0 heterocycles. The number of aryl methyl sites for hydroxylation is 1. The number of nitrogens with one attached hydrogen (secondary N) is 1. The van der Waals surface area contributed by atoms with E-state index in [-0.39, 0.29) is 13.0 Å². The third kappa shape index (κ3) is 5.85. The van der Waals surface area contributed by atoms with Crippen molar-refractivity contribution >= 4 is 11.9 Å². The lowest BCUT2D eigenvalue weighted by atomic mass is 10.0. The van der Waals surface area contributed by atoms with Crippen LogP contribution in [0.1, 0.15) is 44.2 Å². The van der Waals surface area contributed by atoms with E-state index < -0.39 is 24.0 Å². The topological polar surface area (TPSA) is 84.9 Å². The number of carbonyl (C=O) groups is 2. The van der Waals surface area contributed by atoms with Gasteiger partial charge in [0.25, 0.3) is 5.91 Å². The molecule has 1 rings (SSSR count). The lowest BCUT2D eigenvalue weighted by Crippen LogP contribution is -2.46. The highest BCUT2D eigenvalue weighted by Crippen LogP contribution is 2.25. The van der Waals surface area contributed by atoms with Crippen molar-refractivity contribution in [3.8, 4) is 5.75 Å². The Bertz CT molecular complexity index is 571. The predicted molar refractivity (Wildman–Crippen MR) is 91.4 cm³/mol. The first kappa shape index (κ1) is 20.0. The van der Waals surface area contributed by atoms with Crippen molar-refractivity contribution < 1.29 is 24.2 Å². The van der Waals surface area contributed by atoms with E-state index in [0.717, 1.165) is 11.1 Å². The van der Waals surface area contributed by atoms with Gasteiger partial charge < -0.3 is 19.9 Å². The Hall–Kier alpha value is -2.08. The Labute approximate surface area is 143 Å². The average Bonchev–Trinajstić information content (AvgIpc) is 2.52. The fraction of sp³-hybridized carbons (Fsp3) is 0.556. The van der Waals surface area contributed by atoms with Gasteiger partial charge in [-0.3, -0.25) is 4.79 Å². The molecule has 6 nitrogen and oxygen atoms in total. The summed E-state index contributed by atoms with van der Waals surface area (Å²) in [6.07, 6.45) is -0.595. The molecule has 0 saturated carbocycles. The van der Waals surface area contributed by atoms with E-state index in [0.29, 0.717) is 11.7 Å². The van der Waals surface area contributed by atoms with E-state index in [2.05, 4.69) is 19.2 Å². The minimum atomic E-state index is -1.09.